The van der Waals surface area contributed by atoms with Gasteiger partial charge in [-0.3, -0.25) is 0 Å². The van der Waals surface area contributed by atoms with Gasteiger partial charge in [-0.25, -0.2) is 0 Å². The van der Waals surface area contributed by atoms with Crippen molar-refractivity contribution in [3.8, 4) is 0 Å². The van der Waals surface area contributed by atoms with Crippen molar-refractivity contribution in [2.24, 2.45) is 5.73 Å². The molecule has 0 saturated carbocycles. The number of rotatable bonds is 12. The number of nitrogens with two attached hydrogens (primary N) is 1. The third-order valence-electron chi connectivity index (χ3n) is 4.43. The molecule has 120 valence electrons. The van der Waals surface area contributed by atoms with E-state index >= 15 is 0 Å². The van der Waals surface area contributed by atoms with E-state index in [9.17, 15) is 0 Å². The minimum Gasteiger partial charge on any atom is -0.324 e. The Bertz CT molecular complexity index is 341. The van der Waals surface area contributed by atoms with Crippen molar-refractivity contribution in [1.29, 1.82) is 0 Å². The van der Waals surface area contributed by atoms with Gasteiger partial charge in [0.1, 0.15) is 0 Å². The van der Waals surface area contributed by atoms with Crippen molar-refractivity contribution in [3.05, 3.63) is 35.4 Å². The molecule has 2 N–H and O–H groups in total. The van der Waals surface area contributed by atoms with E-state index in [-0.39, 0.29) is 6.04 Å². The van der Waals surface area contributed by atoms with Crippen molar-refractivity contribution < 1.29 is 0 Å². The zero-order valence-corrected chi connectivity index (χ0v) is 14.2. The van der Waals surface area contributed by atoms with Crippen molar-refractivity contribution in [2.45, 2.75) is 90.5 Å². The summed E-state index contributed by atoms with van der Waals surface area (Å²) in [5.41, 5.74) is 8.98. The van der Waals surface area contributed by atoms with Gasteiger partial charge in [-0.2, -0.15) is 0 Å². The van der Waals surface area contributed by atoms with E-state index < -0.39 is 0 Å². The zero-order chi connectivity index (χ0) is 15.3. The van der Waals surface area contributed by atoms with Gasteiger partial charge in [0.05, 0.1) is 0 Å². The monoisotopic (exact) mass is 289 g/mol. The summed E-state index contributed by atoms with van der Waals surface area (Å²) in [6, 6.07) is 9.06. The fourth-order valence-corrected chi connectivity index (χ4v) is 2.84. The molecule has 1 atom stereocenters. The summed E-state index contributed by atoms with van der Waals surface area (Å²) in [6.07, 6.45) is 14.7. The highest BCUT2D eigenvalue weighted by Crippen LogP contribution is 2.19. The molecule has 0 saturated heterocycles. The van der Waals surface area contributed by atoms with Gasteiger partial charge in [-0.05, 0) is 24.0 Å². The highest BCUT2D eigenvalue weighted by Gasteiger charge is 2.05. The van der Waals surface area contributed by atoms with Crippen LogP contribution in [0.4, 0.5) is 0 Å². The van der Waals surface area contributed by atoms with E-state index in [0.717, 1.165) is 12.8 Å². The van der Waals surface area contributed by atoms with Gasteiger partial charge >= 0.3 is 0 Å². The zero-order valence-electron chi connectivity index (χ0n) is 14.2. The summed E-state index contributed by atoms with van der Waals surface area (Å²) in [5, 5.41) is 0. The first-order valence-electron chi connectivity index (χ1n) is 9.12. The fraction of sp³-hybridized carbons (Fsp3) is 0.700. The third-order valence-corrected chi connectivity index (χ3v) is 4.43. The molecule has 0 spiro atoms. The Morgan fingerprint density at radius 1 is 0.762 bits per heavy atom. The highest BCUT2D eigenvalue weighted by molar-refractivity contribution is 5.24. The standard InChI is InChI=1S/C20H35N/c1-3-5-6-7-8-9-10-11-12-13-20(21)19-16-14-18(4-2)15-17-19/h14-17,20H,3-13,21H2,1-2H3. The maximum atomic E-state index is 6.28. The van der Waals surface area contributed by atoms with E-state index in [4.69, 9.17) is 5.73 Å². The second kappa shape index (κ2) is 11.8. The lowest BCUT2D eigenvalue weighted by Crippen LogP contribution is -2.10. The molecule has 1 nitrogen and oxygen atoms in total. The highest BCUT2D eigenvalue weighted by atomic mass is 14.6. The van der Waals surface area contributed by atoms with E-state index in [1.54, 1.807) is 0 Å². The van der Waals surface area contributed by atoms with Crippen molar-refractivity contribution in [1.82, 2.24) is 0 Å². The van der Waals surface area contributed by atoms with E-state index in [1.165, 1.54) is 68.9 Å². The predicted octanol–water partition coefficient (Wildman–Crippen LogP) is 6.17. The average molecular weight is 290 g/mol. The maximum Gasteiger partial charge on any atom is 0.0294 e. The van der Waals surface area contributed by atoms with Gasteiger partial charge in [0, 0.05) is 6.04 Å². The van der Waals surface area contributed by atoms with Crippen LogP contribution in [0.1, 0.15) is 95.2 Å². The first-order chi connectivity index (χ1) is 10.3. The first-order valence-corrected chi connectivity index (χ1v) is 9.12. The van der Waals surface area contributed by atoms with Gasteiger partial charge in [-0.1, -0.05) is 95.9 Å². The van der Waals surface area contributed by atoms with Crippen LogP contribution >= 0.6 is 0 Å². The van der Waals surface area contributed by atoms with E-state index in [2.05, 4.69) is 38.1 Å². The number of aryl methyl sites for hydroxylation is 1. The van der Waals surface area contributed by atoms with Gasteiger partial charge in [0.25, 0.3) is 0 Å². The molecule has 0 aliphatic carbocycles. The lowest BCUT2D eigenvalue weighted by molar-refractivity contribution is 0.532. The fourth-order valence-electron chi connectivity index (χ4n) is 2.84. The normalized spacial score (nSPS) is 12.5. The van der Waals surface area contributed by atoms with Crippen molar-refractivity contribution in [3.63, 3.8) is 0 Å². The Hall–Kier alpha value is -0.820. The van der Waals surface area contributed by atoms with Crippen LogP contribution in [0.3, 0.4) is 0 Å². The molecule has 0 fully saturated rings. The number of unbranched alkanes of at least 4 members (excludes halogenated alkanes) is 8. The second-order valence-corrected chi connectivity index (χ2v) is 6.32. The lowest BCUT2D eigenvalue weighted by atomic mass is 9.99. The average Bonchev–Trinajstić information content (AvgIpc) is 2.53. The van der Waals surface area contributed by atoms with Crippen LogP contribution in [0.25, 0.3) is 0 Å². The molecule has 1 unspecified atom stereocenters. The van der Waals surface area contributed by atoms with Gasteiger partial charge < -0.3 is 5.73 Å². The molecular weight excluding hydrogens is 254 g/mol. The molecule has 0 radical (unpaired) electrons. The van der Waals surface area contributed by atoms with Crippen LogP contribution in [-0.4, -0.2) is 0 Å². The summed E-state index contributed by atoms with van der Waals surface area (Å²) in [7, 11) is 0. The summed E-state index contributed by atoms with van der Waals surface area (Å²) in [4.78, 5) is 0. The minimum absolute atomic E-state index is 0.223. The Morgan fingerprint density at radius 2 is 1.29 bits per heavy atom. The van der Waals surface area contributed by atoms with Crippen molar-refractivity contribution >= 4 is 0 Å². The topological polar surface area (TPSA) is 26.0 Å². The van der Waals surface area contributed by atoms with Gasteiger partial charge in [0.2, 0.25) is 0 Å². The Labute approximate surface area is 132 Å². The Balaban J connectivity index is 2.03. The first kappa shape index (κ1) is 18.2. The predicted molar refractivity (Wildman–Crippen MR) is 94.6 cm³/mol. The number of hydrogen-bond acceptors (Lipinski definition) is 1. The summed E-state index contributed by atoms with van der Waals surface area (Å²) in [5.74, 6) is 0. The molecule has 1 heteroatoms. The molecule has 0 amide bonds. The summed E-state index contributed by atoms with van der Waals surface area (Å²) in [6.45, 7) is 4.47. The van der Waals surface area contributed by atoms with Crippen molar-refractivity contribution in [2.75, 3.05) is 0 Å². The summed E-state index contributed by atoms with van der Waals surface area (Å²) >= 11 is 0. The van der Waals surface area contributed by atoms with Crippen LogP contribution in [-0.2, 0) is 6.42 Å². The molecule has 1 aromatic carbocycles. The van der Waals surface area contributed by atoms with Gasteiger partial charge in [-0.15, -0.1) is 0 Å². The number of benzene rings is 1. The molecule has 0 aromatic heterocycles. The molecule has 0 bridgehead atoms. The minimum atomic E-state index is 0.223. The van der Waals surface area contributed by atoms with Crippen LogP contribution < -0.4 is 5.73 Å². The molecule has 0 aliphatic rings. The van der Waals surface area contributed by atoms with Crippen LogP contribution in [0.2, 0.25) is 0 Å². The Morgan fingerprint density at radius 3 is 1.81 bits per heavy atom. The quantitative estimate of drug-likeness (QED) is 0.457. The number of hydrogen-bond donors (Lipinski definition) is 1. The smallest absolute Gasteiger partial charge is 0.0294 e. The maximum absolute atomic E-state index is 6.28. The third kappa shape index (κ3) is 8.26. The molecular formula is C20H35N. The Kier molecular flexibility index (Phi) is 10.2. The van der Waals surface area contributed by atoms with E-state index in [1.807, 2.05) is 0 Å². The molecule has 0 aliphatic heterocycles. The summed E-state index contributed by atoms with van der Waals surface area (Å²) < 4.78 is 0. The van der Waals surface area contributed by atoms with E-state index in [0.29, 0.717) is 0 Å². The van der Waals surface area contributed by atoms with Crippen LogP contribution in [0.15, 0.2) is 24.3 Å². The molecule has 0 heterocycles. The molecule has 1 aromatic rings. The lowest BCUT2D eigenvalue weighted by Gasteiger charge is -2.12. The SMILES string of the molecule is CCCCCCCCCCCC(N)c1ccc(CC)cc1. The van der Waals surface area contributed by atoms with Gasteiger partial charge in [0.15, 0.2) is 0 Å². The molecule has 1 rings (SSSR count). The largest absolute Gasteiger partial charge is 0.324 e. The van der Waals surface area contributed by atoms with Crippen LogP contribution in [0.5, 0.6) is 0 Å². The van der Waals surface area contributed by atoms with Crippen LogP contribution in [0, 0.1) is 0 Å². The second-order valence-electron chi connectivity index (χ2n) is 6.32. The molecule has 21 heavy (non-hydrogen) atoms.